The van der Waals surface area contributed by atoms with Gasteiger partial charge in [0.2, 0.25) is 0 Å². The Morgan fingerprint density at radius 3 is 1.49 bits per heavy atom. The molecule has 0 bridgehead atoms. The molecule has 2 aromatic heterocycles. The van der Waals surface area contributed by atoms with E-state index in [-0.39, 0.29) is 0 Å². The molecule has 0 aliphatic rings. The first-order valence-electron chi connectivity index (χ1n) is 23.1. The maximum atomic E-state index is 6.64. The Morgan fingerprint density at radius 1 is 0.397 bits per heavy atom. The molecule has 3 nitrogen and oxygen atoms in total. The van der Waals surface area contributed by atoms with Crippen molar-refractivity contribution in [3.8, 4) is 44.5 Å². The van der Waals surface area contributed by atoms with Gasteiger partial charge in [-0.05, 0) is 129 Å². The predicted octanol–water partition coefficient (Wildman–Crippen LogP) is 18.6. The minimum absolute atomic E-state index is 0.817. The monoisotopic (exact) mass is 871 g/mol. The molecule has 0 aliphatic heterocycles. The number of fused-ring (bicyclic) bond motifs is 7. The molecule has 12 aromatic rings. The number of rotatable bonds is 10. The van der Waals surface area contributed by atoms with Crippen LogP contribution in [0, 0.1) is 0 Å². The Balaban J connectivity index is 1.04. The van der Waals surface area contributed by atoms with Gasteiger partial charge in [-0.1, -0.05) is 183 Å². The van der Waals surface area contributed by atoms with Crippen LogP contribution in [0.1, 0.15) is 12.5 Å². The molecule has 322 valence electrons. The number of para-hydroxylation sites is 2. The first-order chi connectivity index (χ1) is 33.6. The highest BCUT2D eigenvalue weighted by Crippen LogP contribution is 2.49. The smallest absolute Gasteiger partial charge is 0.136 e. The van der Waals surface area contributed by atoms with Crippen molar-refractivity contribution in [2.75, 3.05) is 4.90 Å². The molecule has 0 amide bonds. The van der Waals surface area contributed by atoms with Gasteiger partial charge in [0.05, 0.1) is 0 Å². The Kier molecular flexibility index (Phi) is 10.2. The summed E-state index contributed by atoms with van der Waals surface area (Å²) in [6.07, 6.45) is 6.57. The number of nitrogens with zero attached hydrogens (tertiary/aromatic N) is 1. The van der Waals surface area contributed by atoms with Crippen LogP contribution in [0.4, 0.5) is 11.4 Å². The second-order valence-corrected chi connectivity index (χ2v) is 17.2. The molecule has 0 radical (unpaired) electrons. The molecule has 10 aromatic carbocycles. The number of hydrogen-bond donors (Lipinski definition) is 0. The van der Waals surface area contributed by atoms with Gasteiger partial charge in [-0.3, -0.25) is 0 Å². The lowest BCUT2D eigenvalue weighted by Crippen LogP contribution is -2.14. The zero-order valence-corrected chi connectivity index (χ0v) is 37.6. The highest BCUT2D eigenvalue weighted by atomic mass is 16.3. The van der Waals surface area contributed by atoms with Gasteiger partial charge in [0, 0.05) is 49.7 Å². The summed E-state index contributed by atoms with van der Waals surface area (Å²) in [6.45, 7) is 6.89. The number of benzene rings is 10. The summed E-state index contributed by atoms with van der Waals surface area (Å²) < 4.78 is 13.2. The second-order valence-electron chi connectivity index (χ2n) is 17.2. The molecule has 0 spiro atoms. The first-order valence-corrected chi connectivity index (χ1v) is 23.1. The zero-order valence-electron chi connectivity index (χ0n) is 37.6. The molecule has 12 rings (SSSR count). The SMILES string of the molecule is C=C(/C=C\C(=C/C)c1c(-c2ccc3oc4ccccc4c3c2-c2cccc3ccccc23)ccc2oc3ccccc3c12)N(c1ccc(-c2ccccc2)cc1)c1ccc(-c2ccccc2)cc1. The van der Waals surface area contributed by atoms with E-state index >= 15 is 0 Å². The Bertz CT molecular complexity index is 3820. The van der Waals surface area contributed by atoms with Crippen molar-refractivity contribution in [3.05, 3.63) is 261 Å². The van der Waals surface area contributed by atoms with Gasteiger partial charge in [-0.2, -0.15) is 0 Å². The standard InChI is InChI=1S/C65H45NO2/c1-3-44(30-29-43(2)66(50-35-31-47(32-36-50)45-17-6-4-7-18-45)51-37-33-48(34-38-51)46-19-8-5-9-20-46)62-54(39-41-60-64(62)56-24-12-14-27-58(56)67-60)55-40-42-61-65(57-25-13-15-28-59(57)68-61)63(55)53-26-16-22-49-21-10-11-23-52(49)53/h3-42H,2H2,1H3/b30-29-,44-3+. The van der Waals surface area contributed by atoms with Crippen molar-refractivity contribution in [1.29, 1.82) is 0 Å². The molecular weight excluding hydrogens is 827 g/mol. The third kappa shape index (κ3) is 7.09. The van der Waals surface area contributed by atoms with E-state index in [1.54, 1.807) is 0 Å². The average molecular weight is 872 g/mol. The maximum absolute atomic E-state index is 6.64. The molecule has 0 aliphatic carbocycles. The molecule has 0 saturated carbocycles. The van der Waals surface area contributed by atoms with Crippen LogP contribution in [0.25, 0.3) is 105 Å². The van der Waals surface area contributed by atoms with Gasteiger partial charge in [0.25, 0.3) is 0 Å². The van der Waals surface area contributed by atoms with E-state index < -0.39 is 0 Å². The van der Waals surface area contributed by atoms with E-state index in [1.165, 1.54) is 21.9 Å². The lowest BCUT2D eigenvalue weighted by atomic mass is 9.84. The van der Waals surface area contributed by atoms with Crippen molar-refractivity contribution in [3.63, 3.8) is 0 Å². The second kappa shape index (κ2) is 17.1. The molecule has 3 heteroatoms. The van der Waals surface area contributed by atoms with E-state index in [2.05, 4.69) is 242 Å². The molecule has 0 atom stereocenters. The van der Waals surface area contributed by atoms with Crippen LogP contribution in [-0.2, 0) is 0 Å². The molecular formula is C65H45NO2. The van der Waals surface area contributed by atoms with E-state index in [9.17, 15) is 0 Å². The third-order valence-corrected chi connectivity index (χ3v) is 13.2. The highest BCUT2D eigenvalue weighted by molar-refractivity contribution is 6.21. The van der Waals surface area contributed by atoms with E-state index in [1.807, 2.05) is 12.1 Å². The van der Waals surface area contributed by atoms with Crippen LogP contribution in [-0.4, -0.2) is 0 Å². The Hall–Kier alpha value is -8.92. The zero-order chi connectivity index (χ0) is 45.6. The number of anilines is 2. The summed E-state index contributed by atoms with van der Waals surface area (Å²) in [6, 6.07) is 79.2. The minimum atomic E-state index is 0.817. The maximum Gasteiger partial charge on any atom is 0.136 e. The summed E-state index contributed by atoms with van der Waals surface area (Å²) in [7, 11) is 0. The largest absolute Gasteiger partial charge is 0.456 e. The lowest BCUT2D eigenvalue weighted by Gasteiger charge is -2.26. The van der Waals surface area contributed by atoms with Crippen molar-refractivity contribution >= 4 is 71.6 Å². The first kappa shape index (κ1) is 40.6. The van der Waals surface area contributed by atoms with Gasteiger partial charge in [-0.15, -0.1) is 0 Å². The van der Waals surface area contributed by atoms with Gasteiger partial charge < -0.3 is 13.7 Å². The van der Waals surface area contributed by atoms with E-state index in [4.69, 9.17) is 15.4 Å². The number of allylic oxidation sites excluding steroid dienone is 4. The Labute approximate surface area is 395 Å². The number of hydrogen-bond acceptors (Lipinski definition) is 3. The summed E-state index contributed by atoms with van der Waals surface area (Å²) in [4.78, 5) is 2.23. The number of furan rings is 2. The van der Waals surface area contributed by atoms with Gasteiger partial charge >= 0.3 is 0 Å². The molecule has 0 fully saturated rings. The highest BCUT2D eigenvalue weighted by Gasteiger charge is 2.24. The van der Waals surface area contributed by atoms with Crippen LogP contribution in [0.15, 0.2) is 264 Å². The van der Waals surface area contributed by atoms with Crippen molar-refractivity contribution in [1.82, 2.24) is 0 Å². The minimum Gasteiger partial charge on any atom is -0.456 e. The van der Waals surface area contributed by atoms with Crippen molar-refractivity contribution in [2.45, 2.75) is 6.92 Å². The molecule has 2 heterocycles. The summed E-state index contributed by atoms with van der Waals surface area (Å²) in [5.41, 5.74) is 17.5. The fraction of sp³-hybridized carbons (Fsp3) is 0.0154. The molecule has 0 N–H and O–H groups in total. The van der Waals surface area contributed by atoms with Crippen molar-refractivity contribution in [2.24, 2.45) is 0 Å². The van der Waals surface area contributed by atoms with Gasteiger partial charge in [-0.25, -0.2) is 0 Å². The third-order valence-electron chi connectivity index (χ3n) is 13.2. The van der Waals surface area contributed by atoms with Crippen LogP contribution in [0.5, 0.6) is 0 Å². The van der Waals surface area contributed by atoms with Crippen LogP contribution in [0.2, 0.25) is 0 Å². The van der Waals surface area contributed by atoms with Gasteiger partial charge in [0.1, 0.15) is 22.3 Å². The van der Waals surface area contributed by atoms with Crippen LogP contribution in [0.3, 0.4) is 0 Å². The normalized spacial score (nSPS) is 12.0. The summed E-state index contributed by atoms with van der Waals surface area (Å²) >= 11 is 0. The lowest BCUT2D eigenvalue weighted by molar-refractivity contribution is 0.668. The quantitative estimate of drug-likeness (QED) is 0.128. The van der Waals surface area contributed by atoms with E-state index in [0.29, 0.717) is 0 Å². The fourth-order valence-electron chi connectivity index (χ4n) is 10.0. The summed E-state index contributed by atoms with van der Waals surface area (Å²) in [5, 5.41) is 6.66. The molecule has 68 heavy (non-hydrogen) atoms. The predicted molar refractivity (Wildman–Crippen MR) is 287 cm³/mol. The van der Waals surface area contributed by atoms with Crippen LogP contribution < -0.4 is 4.90 Å². The molecule has 0 unspecified atom stereocenters. The average Bonchev–Trinajstić information content (AvgIpc) is 3.98. The van der Waals surface area contributed by atoms with Crippen molar-refractivity contribution < 1.29 is 8.83 Å². The topological polar surface area (TPSA) is 29.5 Å². The van der Waals surface area contributed by atoms with Gasteiger partial charge in [0.15, 0.2) is 0 Å². The van der Waals surface area contributed by atoms with E-state index in [0.717, 1.165) is 105 Å². The molecule has 0 saturated heterocycles. The Morgan fingerprint density at radius 2 is 0.882 bits per heavy atom. The summed E-state index contributed by atoms with van der Waals surface area (Å²) in [5.74, 6) is 0. The van der Waals surface area contributed by atoms with Crippen LogP contribution >= 0.6 is 0 Å². The fourth-order valence-corrected chi connectivity index (χ4v) is 10.0.